The zero-order valence-corrected chi connectivity index (χ0v) is 12.9. The van der Waals surface area contributed by atoms with E-state index in [-0.39, 0.29) is 11.8 Å². The van der Waals surface area contributed by atoms with Crippen LogP contribution in [0.15, 0.2) is 47.5 Å². The van der Waals surface area contributed by atoms with Gasteiger partial charge in [0.05, 0.1) is 7.11 Å². The molecule has 0 spiro atoms. The molecule has 1 aromatic rings. The van der Waals surface area contributed by atoms with Crippen LogP contribution in [0.2, 0.25) is 0 Å². The van der Waals surface area contributed by atoms with Gasteiger partial charge in [0.1, 0.15) is 0 Å². The van der Waals surface area contributed by atoms with E-state index in [2.05, 4.69) is 9.73 Å². The first-order valence-electron chi connectivity index (χ1n) is 7.11. The summed E-state index contributed by atoms with van der Waals surface area (Å²) in [6.07, 6.45) is 3.15. The molecule has 1 aliphatic heterocycles. The molecule has 0 radical (unpaired) electrons. The van der Waals surface area contributed by atoms with Gasteiger partial charge < -0.3 is 9.47 Å². The van der Waals surface area contributed by atoms with Crippen molar-refractivity contribution in [3.05, 3.63) is 48.0 Å². The third-order valence-corrected chi connectivity index (χ3v) is 3.28. The number of carbonyl (C=O) groups excluding carboxylic acids is 2. The lowest BCUT2D eigenvalue weighted by molar-refractivity contribution is -0.137. The predicted octanol–water partition coefficient (Wildman–Crippen LogP) is 2.50. The van der Waals surface area contributed by atoms with Gasteiger partial charge >= 0.3 is 11.9 Å². The molecule has 22 heavy (non-hydrogen) atoms. The number of cyclic esters (lactones) is 1. The van der Waals surface area contributed by atoms with E-state index in [1.54, 1.807) is 0 Å². The maximum atomic E-state index is 12.4. The lowest BCUT2D eigenvalue weighted by Gasteiger charge is -2.19. The number of ether oxygens (including phenoxy) is 2. The molecule has 0 aromatic heterocycles. The normalized spacial score (nSPS) is 21.1. The quantitative estimate of drug-likeness (QED) is 0.619. The van der Waals surface area contributed by atoms with Gasteiger partial charge in [0.15, 0.2) is 5.54 Å². The van der Waals surface area contributed by atoms with Crippen molar-refractivity contribution in [2.24, 2.45) is 10.9 Å². The Morgan fingerprint density at radius 1 is 1.36 bits per heavy atom. The fraction of sp³-hybridized carbons (Fsp3) is 0.353. The molecule has 0 amide bonds. The highest BCUT2D eigenvalue weighted by atomic mass is 16.6. The lowest BCUT2D eigenvalue weighted by atomic mass is 9.89. The molecule has 0 N–H and O–H groups in total. The number of rotatable bonds is 5. The Balaban J connectivity index is 2.39. The summed E-state index contributed by atoms with van der Waals surface area (Å²) < 4.78 is 9.92. The zero-order valence-electron chi connectivity index (χ0n) is 12.9. The summed E-state index contributed by atoms with van der Waals surface area (Å²) in [4.78, 5) is 28.2. The van der Waals surface area contributed by atoms with Crippen LogP contribution in [0.3, 0.4) is 0 Å². The molecule has 0 fully saturated rings. The Hall–Kier alpha value is -2.43. The first-order chi connectivity index (χ1) is 10.5. The number of methoxy groups -OCH3 is 1. The molecule has 1 unspecified atom stereocenters. The molecule has 0 saturated heterocycles. The molecule has 0 saturated carbocycles. The van der Waals surface area contributed by atoms with Gasteiger partial charge in [-0.15, -0.1) is 0 Å². The summed E-state index contributed by atoms with van der Waals surface area (Å²) in [5.41, 5.74) is -0.444. The molecule has 5 nitrogen and oxygen atoms in total. The first kappa shape index (κ1) is 15.9. The van der Waals surface area contributed by atoms with E-state index < -0.39 is 17.5 Å². The Labute approximate surface area is 129 Å². The van der Waals surface area contributed by atoms with Crippen molar-refractivity contribution in [2.75, 3.05) is 7.11 Å². The van der Waals surface area contributed by atoms with E-state index in [9.17, 15) is 9.59 Å². The predicted molar refractivity (Wildman–Crippen MR) is 82.4 cm³/mol. The maximum absolute atomic E-state index is 12.4. The molecular weight excluding hydrogens is 282 g/mol. The van der Waals surface area contributed by atoms with Crippen LogP contribution < -0.4 is 0 Å². The van der Waals surface area contributed by atoms with Crippen LogP contribution in [-0.4, -0.2) is 30.5 Å². The van der Waals surface area contributed by atoms with Gasteiger partial charge in [-0.2, -0.15) is 0 Å². The third-order valence-electron chi connectivity index (χ3n) is 3.28. The smallest absolute Gasteiger partial charge is 0.344 e. The molecule has 116 valence electrons. The van der Waals surface area contributed by atoms with E-state index in [4.69, 9.17) is 4.74 Å². The summed E-state index contributed by atoms with van der Waals surface area (Å²) >= 11 is 0. The average Bonchev–Trinajstić information content (AvgIpc) is 2.82. The topological polar surface area (TPSA) is 65.0 Å². The fourth-order valence-electron chi connectivity index (χ4n) is 2.33. The highest BCUT2D eigenvalue weighted by Gasteiger charge is 2.44. The van der Waals surface area contributed by atoms with Crippen LogP contribution in [-0.2, 0) is 19.1 Å². The molecule has 2 rings (SSSR count). The molecule has 1 aromatic carbocycles. The molecule has 1 aliphatic rings. The largest absolute Gasteiger partial charge is 0.466 e. The van der Waals surface area contributed by atoms with Gasteiger partial charge in [0.25, 0.3) is 0 Å². The van der Waals surface area contributed by atoms with E-state index in [0.717, 1.165) is 5.56 Å². The number of hydrogen-bond acceptors (Lipinski definition) is 5. The Morgan fingerprint density at radius 3 is 2.64 bits per heavy atom. The number of hydrogen-bond donors (Lipinski definition) is 0. The maximum Gasteiger partial charge on any atom is 0.344 e. The van der Waals surface area contributed by atoms with E-state index in [1.165, 1.54) is 19.3 Å². The molecule has 5 heteroatoms. The number of esters is 2. The van der Waals surface area contributed by atoms with Gasteiger partial charge in [0.2, 0.25) is 5.90 Å². The van der Waals surface area contributed by atoms with Gasteiger partial charge in [-0.1, -0.05) is 32.0 Å². The number of carbonyl (C=O) groups is 2. The number of benzene rings is 1. The molecule has 0 bridgehead atoms. The zero-order chi connectivity index (χ0) is 16.2. The Morgan fingerprint density at radius 2 is 2.05 bits per heavy atom. The van der Waals surface area contributed by atoms with Crippen LogP contribution in [0.25, 0.3) is 0 Å². The van der Waals surface area contributed by atoms with Gasteiger partial charge in [0, 0.05) is 11.6 Å². The van der Waals surface area contributed by atoms with Crippen molar-refractivity contribution in [1.82, 2.24) is 0 Å². The third kappa shape index (κ3) is 3.42. The van der Waals surface area contributed by atoms with Crippen LogP contribution in [0, 0.1) is 5.92 Å². The molecular formula is C17H19NO4. The fourth-order valence-corrected chi connectivity index (χ4v) is 2.33. The Kier molecular flexibility index (Phi) is 4.75. The first-order valence-corrected chi connectivity index (χ1v) is 7.11. The average molecular weight is 301 g/mol. The van der Waals surface area contributed by atoms with Gasteiger partial charge in [-0.05, 0) is 30.5 Å². The van der Waals surface area contributed by atoms with E-state index in [0.29, 0.717) is 6.42 Å². The van der Waals surface area contributed by atoms with Crippen molar-refractivity contribution >= 4 is 17.8 Å². The minimum absolute atomic E-state index is 0.203. The van der Waals surface area contributed by atoms with Crippen LogP contribution >= 0.6 is 0 Å². The van der Waals surface area contributed by atoms with Crippen molar-refractivity contribution < 1.29 is 19.1 Å². The summed E-state index contributed by atoms with van der Waals surface area (Å²) in [5.74, 6) is -0.519. The van der Waals surface area contributed by atoms with Crippen LogP contribution in [0.5, 0.6) is 0 Å². The summed E-state index contributed by atoms with van der Waals surface area (Å²) in [6, 6.07) is 9.21. The summed E-state index contributed by atoms with van der Waals surface area (Å²) in [6.45, 7) is 3.97. The second-order valence-electron chi connectivity index (χ2n) is 5.55. The highest BCUT2D eigenvalue weighted by molar-refractivity contribution is 6.09. The van der Waals surface area contributed by atoms with Crippen LogP contribution in [0.1, 0.15) is 25.8 Å². The summed E-state index contributed by atoms with van der Waals surface area (Å²) in [7, 11) is 1.29. The molecule has 1 heterocycles. The second-order valence-corrected chi connectivity index (χ2v) is 5.55. The monoisotopic (exact) mass is 301 g/mol. The SMILES string of the molecule is COC(=O)/C=C\C1(CC(C)C)N=C(c2ccccc2)OC1=O. The standard InChI is InChI=1S/C17H19NO4/c1-12(2)11-17(10-9-14(19)21-3)16(20)22-15(18-17)13-7-5-4-6-8-13/h4-10,12H,11H2,1-3H3/b10-9-. The summed E-state index contributed by atoms with van der Waals surface area (Å²) in [5, 5.41) is 0. The van der Waals surface area contributed by atoms with Gasteiger partial charge in [-0.25, -0.2) is 14.6 Å². The number of nitrogens with zero attached hydrogens (tertiary/aromatic N) is 1. The van der Waals surface area contributed by atoms with E-state index in [1.807, 2.05) is 44.2 Å². The minimum Gasteiger partial charge on any atom is -0.466 e. The second kappa shape index (κ2) is 6.56. The van der Waals surface area contributed by atoms with Crippen molar-refractivity contribution in [3.8, 4) is 0 Å². The van der Waals surface area contributed by atoms with Crippen LogP contribution in [0.4, 0.5) is 0 Å². The van der Waals surface area contributed by atoms with Crippen molar-refractivity contribution in [3.63, 3.8) is 0 Å². The lowest BCUT2D eigenvalue weighted by Crippen LogP contribution is -2.33. The van der Waals surface area contributed by atoms with Crippen molar-refractivity contribution in [2.45, 2.75) is 25.8 Å². The van der Waals surface area contributed by atoms with Crippen molar-refractivity contribution in [1.29, 1.82) is 0 Å². The minimum atomic E-state index is -1.17. The molecule has 1 atom stereocenters. The Bertz CT molecular complexity index is 619. The highest BCUT2D eigenvalue weighted by Crippen LogP contribution is 2.31. The number of aliphatic imine (C=N–C) groups is 1. The van der Waals surface area contributed by atoms with E-state index >= 15 is 0 Å². The molecule has 0 aliphatic carbocycles. The van der Waals surface area contributed by atoms with Gasteiger partial charge in [-0.3, -0.25) is 0 Å².